The Morgan fingerprint density at radius 3 is 2.26 bits per heavy atom. The fourth-order valence-electron chi connectivity index (χ4n) is 1.35. The van der Waals surface area contributed by atoms with E-state index < -0.39 is 8.32 Å². The van der Waals surface area contributed by atoms with E-state index in [1.54, 1.807) is 6.92 Å². The Bertz CT molecular complexity index is 314. The molecule has 0 aliphatic rings. The van der Waals surface area contributed by atoms with Gasteiger partial charge in [-0.3, -0.25) is 0 Å². The SMILES string of the molecule is COC(=O)/C(C)=C/CCCCO[Si](C)(C)C(C)(C)C. The maximum absolute atomic E-state index is 11.2. The Hall–Kier alpha value is -0.613. The van der Waals surface area contributed by atoms with Crippen molar-refractivity contribution in [2.75, 3.05) is 13.7 Å². The van der Waals surface area contributed by atoms with E-state index in [1.165, 1.54) is 7.11 Å². The summed E-state index contributed by atoms with van der Waals surface area (Å²) in [5.74, 6) is -0.238. The van der Waals surface area contributed by atoms with Crippen molar-refractivity contribution in [3.05, 3.63) is 11.6 Å². The van der Waals surface area contributed by atoms with Crippen molar-refractivity contribution < 1.29 is 14.0 Å². The smallest absolute Gasteiger partial charge is 0.333 e. The van der Waals surface area contributed by atoms with Gasteiger partial charge < -0.3 is 9.16 Å². The molecule has 0 heterocycles. The number of carbonyl (C=O) groups excluding carboxylic acids is 1. The van der Waals surface area contributed by atoms with Crippen LogP contribution < -0.4 is 0 Å². The minimum absolute atomic E-state index is 0.238. The van der Waals surface area contributed by atoms with Crippen molar-refractivity contribution in [2.45, 2.75) is 65.1 Å². The number of ether oxygens (including phenoxy) is 1. The molecule has 0 aromatic rings. The maximum Gasteiger partial charge on any atom is 0.333 e. The van der Waals surface area contributed by atoms with E-state index in [1.807, 2.05) is 6.08 Å². The lowest BCUT2D eigenvalue weighted by molar-refractivity contribution is -0.136. The van der Waals surface area contributed by atoms with Gasteiger partial charge in [-0.15, -0.1) is 0 Å². The minimum Gasteiger partial charge on any atom is -0.466 e. The van der Waals surface area contributed by atoms with Gasteiger partial charge in [0.15, 0.2) is 8.32 Å². The summed E-state index contributed by atoms with van der Waals surface area (Å²) < 4.78 is 10.7. The number of hydrogen-bond donors (Lipinski definition) is 0. The van der Waals surface area contributed by atoms with Crippen LogP contribution in [-0.4, -0.2) is 28.0 Å². The molecule has 0 unspecified atom stereocenters. The summed E-state index contributed by atoms with van der Waals surface area (Å²) in [6, 6.07) is 0. The molecule has 0 aliphatic heterocycles. The van der Waals surface area contributed by atoms with Gasteiger partial charge in [-0.1, -0.05) is 26.8 Å². The third-order valence-electron chi connectivity index (χ3n) is 3.83. The first-order chi connectivity index (χ1) is 8.62. The highest BCUT2D eigenvalue weighted by atomic mass is 28.4. The second kappa shape index (κ2) is 7.85. The summed E-state index contributed by atoms with van der Waals surface area (Å²) in [5, 5.41) is 0.272. The van der Waals surface area contributed by atoms with E-state index in [9.17, 15) is 4.79 Å². The molecule has 0 aromatic carbocycles. The second-order valence-corrected chi connectivity index (χ2v) is 11.3. The molecule has 0 atom stereocenters. The molecule has 0 spiro atoms. The number of allylic oxidation sites excluding steroid dienone is 1. The zero-order valence-corrected chi connectivity index (χ0v) is 14.6. The van der Waals surface area contributed by atoms with Crippen LogP contribution in [0.3, 0.4) is 0 Å². The summed E-state index contributed by atoms with van der Waals surface area (Å²) in [6.45, 7) is 13.9. The molecule has 0 fully saturated rings. The van der Waals surface area contributed by atoms with Gasteiger partial charge in [0, 0.05) is 12.2 Å². The highest BCUT2D eigenvalue weighted by molar-refractivity contribution is 6.74. The van der Waals surface area contributed by atoms with Crippen LogP contribution in [0.2, 0.25) is 18.1 Å². The third-order valence-corrected chi connectivity index (χ3v) is 8.36. The lowest BCUT2D eigenvalue weighted by atomic mass is 10.2. The quantitative estimate of drug-likeness (QED) is 0.303. The van der Waals surface area contributed by atoms with E-state index in [0.29, 0.717) is 5.57 Å². The van der Waals surface area contributed by atoms with Crippen molar-refractivity contribution in [1.29, 1.82) is 0 Å². The van der Waals surface area contributed by atoms with Crippen LogP contribution in [-0.2, 0) is 14.0 Å². The first kappa shape index (κ1) is 18.4. The topological polar surface area (TPSA) is 35.5 Å². The van der Waals surface area contributed by atoms with E-state index in [-0.39, 0.29) is 11.0 Å². The largest absolute Gasteiger partial charge is 0.466 e. The summed E-state index contributed by atoms with van der Waals surface area (Å²) >= 11 is 0. The highest BCUT2D eigenvalue weighted by Crippen LogP contribution is 2.36. The summed E-state index contributed by atoms with van der Waals surface area (Å²) in [7, 11) is -0.191. The van der Waals surface area contributed by atoms with Crippen LogP contribution in [0.1, 0.15) is 47.0 Å². The molecule has 0 N–H and O–H groups in total. The van der Waals surface area contributed by atoms with Gasteiger partial charge in [-0.05, 0) is 44.3 Å². The molecule has 0 aliphatic carbocycles. The lowest BCUT2D eigenvalue weighted by Crippen LogP contribution is -2.40. The van der Waals surface area contributed by atoms with E-state index in [4.69, 9.17) is 4.43 Å². The van der Waals surface area contributed by atoms with Crippen LogP contribution in [0.5, 0.6) is 0 Å². The number of hydrogen-bond acceptors (Lipinski definition) is 3. The zero-order chi connectivity index (χ0) is 15.1. The average molecular weight is 286 g/mol. The first-order valence-electron chi connectivity index (χ1n) is 7.01. The van der Waals surface area contributed by atoms with Gasteiger partial charge in [0.25, 0.3) is 0 Å². The normalized spacial score (nSPS) is 13.5. The maximum atomic E-state index is 11.2. The van der Waals surface area contributed by atoms with Crippen LogP contribution in [0.4, 0.5) is 0 Å². The summed E-state index contributed by atoms with van der Waals surface area (Å²) in [5.41, 5.74) is 0.688. The van der Waals surface area contributed by atoms with Crippen LogP contribution >= 0.6 is 0 Å². The monoisotopic (exact) mass is 286 g/mol. The molecule has 3 nitrogen and oxygen atoms in total. The van der Waals surface area contributed by atoms with Crippen molar-refractivity contribution in [2.24, 2.45) is 0 Å². The van der Waals surface area contributed by atoms with E-state index in [2.05, 4.69) is 38.6 Å². The van der Waals surface area contributed by atoms with Gasteiger partial charge in [0.05, 0.1) is 7.11 Å². The van der Waals surface area contributed by atoms with Crippen LogP contribution in [0, 0.1) is 0 Å². The fraction of sp³-hybridized carbons (Fsp3) is 0.800. The third kappa shape index (κ3) is 6.92. The molecular weight excluding hydrogens is 256 g/mol. The molecule has 0 bridgehead atoms. The average Bonchev–Trinajstić information content (AvgIpc) is 2.30. The number of rotatable bonds is 7. The number of carbonyl (C=O) groups is 1. The molecule has 0 amide bonds. The number of esters is 1. The fourth-order valence-corrected chi connectivity index (χ4v) is 2.44. The molecule has 0 radical (unpaired) electrons. The Kier molecular flexibility index (Phi) is 7.60. The molecule has 112 valence electrons. The molecule has 4 heteroatoms. The molecular formula is C15H30O3Si. The first-order valence-corrected chi connectivity index (χ1v) is 9.91. The van der Waals surface area contributed by atoms with E-state index >= 15 is 0 Å². The Labute approximate surface area is 119 Å². The number of unbranched alkanes of at least 4 members (excludes halogenated alkanes) is 2. The van der Waals surface area contributed by atoms with Crippen molar-refractivity contribution in [3.8, 4) is 0 Å². The molecule has 0 rings (SSSR count). The molecule has 0 saturated carbocycles. The summed E-state index contributed by atoms with van der Waals surface area (Å²) in [4.78, 5) is 11.2. The van der Waals surface area contributed by atoms with Crippen LogP contribution in [0.25, 0.3) is 0 Å². The van der Waals surface area contributed by atoms with Gasteiger partial charge in [0.1, 0.15) is 0 Å². The molecule has 0 aromatic heterocycles. The van der Waals surface area contributed by atoms with Crippen molar-refractivity contribution >= 4 is 14.3 Å². The Morgan fingerprint density at radius 1 is 1.21 bits per heavy atom. The predicted molar refractivity (Wildman–Crippen MR) is 82.8 cm³/mol. The Balaban J connectivity index is 3.87. The van der Waals surface area contributed by atoms with E-state index in [0.717, 1.165) is 25.9 Å². The second-order valence-electron chi connectivity index (χ2n) is 6.48. The summed E-state index contributed by atoms with van der Waals surface area (Å²) in [6.07, 6.45) is 4.93. The van der Waals surface area contributed by atoms with Crippen LogP contribution in [0.15, 0.2) is 11.6 Å². The molecule has 0 saturated heterocycles. The van der Waals surface area contributed by atoms with Gasteiger partial charge in [-0.25, -0.2) is 4.79 Å². The van der Waals surface area contributed by atoms with Gasteiger partial charge in [0.2, 0.25) is 0 Å². The lowest BCUT2D eigenvalue weighted by Gasteiger charge is -2.36. The highest BCUT2D eigenvalue weighted by Gasteiger charge is 2.36. The van der Waals surface area contributed by atoms with Gasteiger partial charge >= 0.3 is 5.97 Å². The van der Waals surface area contributed by atoms with Gasteiger partial charge in [-0.2, -0.15) is 0 Å². The van der Waals surface area contributed by atoms with Crippen molar-refractivity contribution in [3.63, 3.8) is 0 Å². The number of methoxy groups -OCH3 is 1. The zero-order valence-electron chi connectivity index (χ0n) is 13.6. The Morgan fingerprint density at radius 2 is 1.79 bits per heavy atom. The standard InChI is InChI=1S/C15H30O3Si/c1-13(14(16)17-5)11-9-8-10-12-18-19(6,7)15(2,3)4/h11H,8-10,12H2,1-7H3/b13-11+. The molecule has 19 heavy (non-hydrogen) atoms. The minimum atomic E-state index is -1.60. The predicted octanol–water partition coefficient (Wildman–Crippen LogP) is 4.30. The van der Waals surface area contributed by atoms with Crippen molar-refractivity contribution in [1.82, 2.24) is 0 Å².